The van der Waals surface area contributed by atoms with Crippen LogP contribution in [0.3, 0.4) is 0 Å². The van der Waals surface area contributed by atoms with Crippen molar-refractivity contribution in [3.05, 3.63) is 51.8 Å². The van der Waals surface area contributed by atoms with Gasteiger partial charge in [0.1, 0.15) is 0 Å². The molecular weight excluding hydrogens is 314 g/mol. The Balaban J connectivity index is 2.07. The molecule has 0 aliphatic heterocycles. The molecule has 1 aromatic carbocycles. The zero-order valence-electron chi connectivity index (χ0n) is 12.4. The zero-order chi connectivity index (χ0) is 14.5. The third-order valence-electron chi connectivity index (χ3n) is 3.53. The van der Waals surface area contributed by atoms with E-state index < -0.39 is 0 Å². The van der Waals surface area contributed by atoms with Crippen molar-refractivity contribution in [2.75, 3.05) is 6.54 Å². The van der Waals surface area contributed by atoms with Gasteiger partial charge in [-0.05, 0) is 49.1 Å². The van der Waals surface area contributed by atoms with E-state index in [4.69, 9.17) is 0 Å². The molecule has 0 saturated carbocycles. The van der Waals surface area contributed by atoms with Gasteiger partial charge in [-0.3, -0.25) is 4.68 Å². The second kappa shape index (κ2) is 7.04. The van der Waals surface area contributed by atoms with Gasteiger partial charge in [0.2, 0.25) is 0 Å². The van der Waals surface area contributed by atoms with E-state index in [9.17, 15) is 0 Å². The van der Waals surface area contributed by atoms with Gasteiger partial charge in [-0.15, -0.1) is 0 Å². The summed E-state index contributed by atoms with van der Waals surface area (Å²) in [5.41, 5.74) is 3.91. The van der Waals surface area contributed by atoms with Gasteiger partial charge in [-0.2, -0.15) is 5.10 Å². The van der Waals surface area contributed by atoms with Crippen molar-refractivity contribution < 1.29 is 0 Å². The molecular formula is C16H22BrN3. The number of benzene rings is 1. The molecule has 0 amide bonds. The third kappa shape index (κ3) is 3.93. The molecule has 0 spiro atoms. The molecule has 0 fully saturated rings. The number of nitrogens with zero attached hydrogens (tertiary/aromatic N) is 2. The fourth-order valence-electron chi connectivity index (χ4n) is 2.37. The summed E-state index contributed by atoms with van der Waals surface area (Å²) in [7, 11) is 1.96. The first-order chi connectivity index (χ1) is 9.60. The number of aromatic nitrogens is 2. The lowest BCUT2D eigenvalue weighted by atomic mass is 9.99. The average Bonchev–Trinajstić information content (AvgIpc) is 2.84. The number of aryl methyl sites for hydroxylation is 3. The SMILES string of the molecule is CCNC(CCc1cnn(C)c1)c1ccc(C)c(Br)c1. The molecule has 1 atom stereocenters. The minimum Gasteiger partial charge on any atom is -0.310 e. The van der Waals surface area contributed by atoms with E-state index in [1.807, 2.05) is 17.9 Å². The minimum absolute atomic E-state index is 0.386. The molecule has 1 unspecified atom stereocenters. The average molecular weight is 336 g/mol. The second-order valence-corrected chi connectivity index (χ2v) is 6.03. The maximum Gasteiger partial charge on any atom is 0.0521 e. The topological polar surface area (TPSA) is 29.9 Å². The van der Waals surface area contributed by atoms with Gasteiger partial charge in [-0.25, -0.2) is 0 Å². The molecule has 20 heavy (non-hydrogen) atoms. The molecule has 1 aromatic heterocycles. The number of nitrogens with one attached hydrogen (secondary N) is 1. The van der Waals surface area contributed by atoms with E-state index >= 15 is 0 Å². The van der Waals surface area contributed by atoms with Gasteiger partial charge in [0.05, 0.1) is 6.20 Å². The predicted molar refractivity (Wildman–Crippen MR) is 86.8 cm³/mol. The fourth-order valence-corrected chi connectivity index (χ4v) is 2.77. The van der Waals surface area contributed by atoms with Gasteiger partial charge < -0.3 is 5.32 Å². The summed E-state index contributed by atoms with van der Waals surface area (Å²) in [5.74, 6) is 0. The maximum atomic E-state index is 4.23. The van der Waals surface area contributed by atoms with Crippen LogP contribution < -0.4 is 5.32 Å². The van der Waals surface area contributed by atoms with Gasteiger partial charge in [0.15, 0.2) is 0 Å². The quantitative estimate of drug-likeness (QED) is 0.870. The molecule has 0 aliphatic rings. The molecule has 2 aromatic rings. The van der Waals surface area contributed by atoms with E-state index in [0.29, 0.717) is 6.04 Å². The van der Waals surface area contributed by atoms with Crippen LogP contribution in [0.1, 0.15) is 36.1 Å². The highest BCUT2D eigenvalue weighted by Crippen LogP contribution is 2.24. The van der Waals surface area contributed by atoms with E-state index in [2.05, 4.69) is 64.6 Å². The highest BCUT2D eigenvalue weighted by atomic mass is 79.9. The summed E-state index contributed by atoms with van der Waals surface area (Å²) in [6.45, 7) is 5.25. The normalized spacial score (nSPS) is 12.6. The number of rotatable bonds is 6. The Hall–Kier alpha value is -1.13. The zero-order valence-corrected chi connectivity index (χ0v) is 13.9. The predicted octanol–water partition coefficient (Wildman–Crippen LogP) is 3.77. The summed E-state index contributed by atoms with van der Waals surface area (Å²) in [5, 5.41) is 7.80. The molecule has 0 bridgehead atoms. The lowest BCUT2D eigenvalue weighted by Crippen LogP contribution is -2.21. The van der Waals surface area contributed by atoms with Crippen LogP contribution >= 0.6 is 15.9 Å². The van der Waals surface area contributed by atoms with Gasteiger partial charge in [0, 0.05) is 23.8 Å². The van der Waals surface area contributed by atoms with Crippen LogP contribution in [-0.2, 0) is 13.5 Å². The molecule has 0 radical (unpaired) electrons. The molecule has 0 aliphatic carbocycles. The number of hydrogen-bond donors (Lipinski definition) is 1. The maximum absolute atomic E-state index is 4.23. The fraction of sp³-hybridized carbons (Fsp3) is 0.438. The summed E-state index contributed by atoms with van der Waals surface area (Å²) in [6.07, 6.45) is 6.16. The molecule has 0 saturated heterocycles. The Morgan fingerprint density at radius 2 is 2.20 bits per heavy atom. The Bertz CT molecular complexity index is 563. The van der Waals surface area contributed by atoms with Crippen molar-refractivity contribution in [2.45, 2.75) is 32.7 Å². The Kier molecular flexibility index (Phi) is 5.38. The molecule has 4 heteroatoms. The van der Waals surface area contributed by atoms with Crippen LogP contribution in [0.25, 0.3) is 0 Å². The lowest BCUT2D eigenvalue weighted by Gasteiger charge is -2.19. The van der Waals surface area contributed by atoms with Crippen LogP contribution in [-0.4, -0.2) is 16.3 Å². The summed E-state index contributed by atoms with van der Waals surface area (Å²) >= 11 is 3.62. The molecule has 2 rings (SSSR count). The molecule has 108 valence electrons. The number of hydrogen-bond acceptors (Lipinski definition) is 2. The van der Waals surface area contributed by atoms with Crippen molar-refractivity contribution >= 4 is 15.9 Å². The van der Waals surface area contributed by atoms with Crippen molar-refractivity contribution in [2.24, 2.45) is 7.05 Å². The van der Waals surface area contributed by atoms with Crippen molar-refractivity contribution in [1.29, 1.82) is 0 Å². The Morgan fingerprint density at radius 3 is 2.80 bits per heavy atom. The van der Waals surface area contributed by atoms with Crippen LogP contribution in [0.5, 0.6) is 0 Å². The van der Waals surface area contributed by atoms with E-state index in [1.54, 1.807) is 0 Å². The van der Waals surface area contributed by atoms with Crippen LogP contribution in [0, 0.1) is 6.92 Å². The lowest BCUT2D eigenvalue weighted by molar-refractivity contribution is 0.515. The Labute approximate surface area is 129 Å². The Morgan fingerprint density at radius 1 is 1.40 bits per heavy atom. The second-order valence-electron chi connectivity index (χ2n) is 5.18. The van der Waals surface area contributed by atoms with Crippen molar-refractivity contribution in [1.82, 2.24) is 15.1 Å². The molecule has 3 nitrogen and oxygen atoms in total. The highest BCUT2D eigenvalue weighted by molar-refractivity contribution is 9.10. The van der Waals surface area contributed by atoms with Crippen LogP contribution in [0.15, 0.2) is 35.1 Å². The van der Waals surface area contributed by atoms with E-state index in [1.165, 1.54) is 21.2 Å². The van der Waals surface area contributed by atoms with Crippen LogP contribution in [0.2, 0.25) is 0 Å². The molecule has 1 N–H and O–H groups in total. The van der Waals surface area contributed by atoms with Gasteiger partial charge in [-0.1, -0.05) is 35.0 Å². The summed E-state index contributed by atoms with van der Waals surface area (Å²) in [4.78, 5) is 0. The standard InChI is InChI=1S/C16H22BrN3/c1-4-18-16(8-6-13-10-19-20(3)11-13)14-7-5-12(2)15(17)9-14/h5,7,9-11,16,18H,4,6,8H2,1-3H3. The largest absolute Gasteiger partial charge is 0.310 e. The first kappa shape index (κ1) is 15.3. The first-order valence-corrected chi connectivity index (χ1v) is 7.86. The summed E-state index contributed by atoms with van der Waals surface area (Å²) in [6, 6.07) is 7.01. The third-order valence-corrected chi connectivity index (χ3v) is 4.38. The van der Waals surface area contributed by atoms with Crippen molar-refractivity contribution in [3.63, 3.8) is 0 Å². The van der Waals surface area contributed by atoms with Gasteiger partial charge in [0.25, 0.3) is 0 Å². The number of halogens is 1. The van der Waals surface area contributed by atoms with Gasteiger partial charge >= 0.3 is 0 Å². The first-order valence-electron chi connectivity index (χ1n) is 7.07. The smallest absolute Gasteiger partial charge is 0.0521 e. The molecule has 1 heterocycles. The minimum atomic E-state index is 0.386. The van der Waals surface area contributed by atoms with E-state index in [-0.39, 0.29) is 0 Å². The van der Waals surface area contributed by atoms with Crippen molar-refractivity contribution in [3.8, 4) is 0 Å². The highest BCUT2D eigenvalue weighted by Gasteiger charge is 2.12. The monoisotopic (exact) mass is 335 g/mol. The van der Waals surface area contributed by atoms with E-state index in [0.717, 1.165) is 19.4 Å². The summed E-state index contributed by atoms with van der Waals surface area (Å²) < 4.78 is 3.04. The van der Waals surface area contributed by atoms with Crippen LogP contribution in [0.4, 0.5) is 0 Å².